The molecule has 2 saturated carbocycles. The van der Waals surface area contributed by atoms with E-state index >= 15 is 0 Å². The Hall–Kier alpha value is -1.30. The second kappa shape index (κ2) is 10.9. The molecular weight excluding hydrogens is 324 g/mol. The molecule has 0 aromatic heterocycles. The number of benzene rings is 1. The molecular formula is C27H40. The summed E-state index contributed by atoms with van der Waals surface area (Å²) in [6.45, 7) is 5.99. The third kappa shape index (κ3) is 6.09. The number of rotatable bonds is 8. The highest BCUT2D eigenvalue weighted by atomic mass is 14.4. The summed E-state index contributed by atoms with van der Waals surface area (Å²) in [4.78, 5) is 0. The number of hydrogen-bond acceptors (Lipinski definition) is 0. The lowest BCUT2D eigenvalue weighted by Gasteiger charge is -2.38. The van der Waals surface area contributed by atoms with Crippen LogP contribution in [-0.4, -0.2) is 0 Å². The first-order valence-electron chi connectivity index (χ1n) is 11.6. The van der Waals surface area contributed by atoms with Crippen LogP contribution in [0, 0.1) is 17.8 Å². The van der Waals surface area contributed by atoms with Crippen LogP contribution in [0.1, 0.15) is 94.6 Å². The number of hydrogen-bond donors (Lipinski definition) is 0. The lowest BCUT2D eigenvalue weighted by molar-refractivity contribution is 0.157. The molecule has 0 amide bonds. The zero-order chi connectivity index (χ0) is 18.9. The third-order valence-electron chi connectivity index (χ3n) is 7.40. The van der Waals surface area contributed by atoms with Gasteiger partial charge in [0.05, 0.1) is 0 Å². The molecule has 1 aromatic rings. The molecule has 0 bridgehead atoms. The summed E-state index contributed by atoms with van der Waals surface area (Å²) in [6, 6.07) is 9.58. The fraction of sp³-hybridized carbons (Fsp3) is 0.630. The molecule has 0 unspecified atom stereocenters. The van der Waals surface area contributed by atoms with E-state index in [9.17, 15) is 0 Å². The summed E-state index contributed by atoms with van der Waals surface area (Å²) in [5, 5.41) is 0. The molecule has 148 valence electrons. The van der Waals surface area contributed by atoms with Gasteiger partial charge in [-0.05, 0) is 106 Å². The minimum Gasteiger partial charge on any atom is -0.103 e. The van der Waals surface area contributed by atoms with E-state index in [-0.39, 0.29) is 0 Å². The molecule has 0 spiro atoms. The predicted octanol–water partition coefficient (Wildman–Crippen LogP) is 8.24. The Morgan fingerprint density at radius 2 is 1.48 bits per heavy atom. The van der Waals surface area contributed by atoms with E-state index in [4.69, 9.17) is 0 Å². The molecule has 0 N–H and O–H groups in total. The lowest BCUT2D eigenvalue weighted by atomic mass is 9.68. The molecule has 0 aliphatic heterocycles. The average molecular weight is 365 g/mol. The van der Waals surface area contributed by atoms with Crippen molar-refractivity contribution in [2.45, 2.75) is 89.9 Å². The van der Waals surface area contributed by atoms with Crippen LogP contribution in [0.25, 0.3) is 0 Å². The maximum absolute atomic E-state index is 3.88. The van der Waals surface area contributed by atoms with Crippen LogP contribution in [0.3, 0.4) is 0 Å². The van der Waals surface area contributed by atoms with Crippen LogP contribution in [0.4, 0.5) is 0 Å². The zero-order valence-electron chi connectivity index (χ0n) is 17.5. The summed E-state index contributed by atoms with van der Waals surface area (Å²) < 4.78 is 0. The van der Waals surface area contributed by atoms with Gasteiger partial charge in [-0.3, -0.25) is 0 Å². The topological polar surface area (TPSA) is 0 Å². The maximum atomic E-state index is 3.88. The summed E-state index contributed by atoms with van der Waals surface area (Å²) in [5.74, 6) is 3.85. The van der Waals surface area contributed by atoms with Gasteiger partial charge in [0.2, 0.25) is 0 Å². The molecule has 0 heterocycles. The summed E-state index contributed by atoms with van der Waals surface area (Å²) >= 11 is 0. The molecule has 2 fully saturated rings. The van der Waals surface area contributed by atoms with Gasteiger partial charge in [-0.1, -0.05) is 55.3 Å². The van der Waals surface area contributed by atoms with Crippen molar-refractivity contribution in [2.24, 2.45) is 17.8 Å². The van der Waals surface area contributed by atoms with E-state index in [0.29, 0.717) is 0 Å². The van der Waals surface area contributed by atoms with E-state index in [0.717, 1.165) is 30.1 Å². The largest absolute Gasteiger partial charge is 0.103 e. The van der Waals surface area contributed by atoms with Crippen LogP contribution in [-0.2, 0) is 6.42 Å². The van der Waals surface area contributed by atoms with Crippen molar-refractivity contribution >= 4 is 0 Å². The summed E-state index contributed by atoms with van der Waals surface area (Å²) in [6.07, 6.45) is 23.2. The molecule has 2 aliphatic carbocycles. The van der Waals surface area contributed by atoms with Gasteiger partial charge in [0.1, 0.15) is 0 Å². The molecule has 2 aliphatic rings. The van der Waals surface area contributed by atoms with E-state index in [2.05, 4.69) is 56.0 Å². The van der Waals surface area contributed by atoms with Crippen LogP contribution < -0.4 is 0 Å². The molecule has 3 rings (SSSR count). The first kappa shape index (κ1) is 20.4. The Labute approximate surface area is 168 Å². The first-order valence-corrected chi connectivity index (χ1v) is 11.6. The Morgan fingerprint density at radius 1 is 0.852 bits per heavy atom. The van der Waals surface area contributed by atoms with Gasteiger partial charge in [0.25, 0.3) is 0 Å². The molecule has 27 heavy (non-hydrogen) atoms. The summed E-state index contributed by atoms with van der Waals surface area (Å²) in [7, 11) is 0. The van der Waals surface area contributed by atoms with Crippen molar-refractivity contribution < 1.29 is 0 Å². The Balaban J connectivity index is 1.42. The van der Waals surface area contributed by atoms with Crippen LogP contribution in [0.15, 0.2) is 49.1 Å². The normalized spacial score (nSPS) is 29.1. The van der Waals surface area contributed by atoms with Crippen LogP contribution >= 0.6 is 0 Å². The van der Waals surface area contributed by atoms with Gasteiger partial charge in [0, 0.05) is 0 Å². The average Bonchev–Trinajstić information content (AvgIpc) is 2.73. The monoisotopic (exact) mass is 364 g/mol. The van der Waals surface area contributed by atoms with Crippen molar-refractivity contribution in [1.82, 2.24) is 0 Å². The molecule has 0 atom stereocenters. The fourth-order valence-electron chi connectivity index (χ4n) is 5.60. The third-order valence-corrected chi connectivity index (χ3v) is 7.40. The van der Waals surface area contributed by atoms with Crippen molar-refractivity contribution in [3.05, 3.63) is 60.2 Å². The smallest absolute Gasteiger partial charge is 0.0162 e. The maximum Gasteiger partial charge on any atom is -0.0162 e. The second-order valence-corrected chi connectivity index (χ2v) is 9.11. The van der Waals surface area contributed by atoms with Crippen molar-refractivity contribution in [1.29, 1.82) is 0 Å². The Morgan fingerprint density at radius 3 is 2.07 bits per heavy atom. The number of aryl methyl sites for hydroxylation is 1. The standard InChI is InChI=1S/C27H40/c1-3-5-7-9-23-12-16-25(17-13-23)27-20-18-26(19-21-27)24-14-10-22(11-15-24)8-6-4-2/h3-5,12-13,16-17,22,24,26-27H,2,6-11,14-15,18-21H2,1H3/b5-3+. The van der Waals surface area contributed by atoms with Crippen molar-refractivity contribution in [3.8, 4) is 0 Å². The van der Waals surface area contributed by atoms with Crippen LogP contribution in [0.2, 0.25) is 0 Å². The van der Waals surface area contributed by atoms with E-state index in [1.54, 1.807) is 5.56 Å². The quantitative estimate of drug-likeness (QED) is 0.407. The van der Waals surface area contributed by atoms with Crippen LogP contribution in [0.5, 0.6) is 0 Å². The fourth-order valence-corrected chi connectivity index (χ4v) is 5.60. The highest BCUT2D eigenvalue weighted by Crippen LogP contribution is 2.44. The highest BCUT2D eigenvalue weighted by molar-refractivity contribution is 5.26. The van der Waals surface area contributed by atoms with Gasteiger partial charge in [0.15, 0.2) is 0 Å². The zero-order valence-corrected chi connectivity index (χ0v) is 17.5. The number of allylic oxidation sites excluding steroid dienone is 3. The SMILES string of the molecule is C=CCCC1CCC(C2CCC(c3ccc(CC/C=C/C)cc3)CC2)CC1. The molecule has 0 nitrogen and oxygen atoms in total. The first-order chi connectivity index (χ1) is 13.3. The van der Waals surface area contributed by atoms with E-state index in [1.165, 1.54) is 76.2 Å². The van der Waals surface area contributed by atoms with Gasteiger partial charge in [-0.25, -0.2) is 0 Å². The Bertz CT molecular complexity index is 563. The molecule has 1 aromatic carbocycles. The second-order valence-electron chi connectivity index (χ2n) is 9.11. The van der Waals surface area contributed by atoms with Crippen molar-refractivity contribution in [3.63, 3.8) is 0 Å². The van der Waals surface area contributed by atoms with E-state index < -0.39 is 0 Å². The Kier molecular flexibility index (Phi) is 8.24. The molecule has 0 heteroatoms. The minimum atomic E-state index is 0.815. The van der Waals surface area contributed by atoms with Gasteiger partial charge in [-0.2, -0.15) is 0 Å². The molecule has 0 radical (unpaired) electrons. The van der Waals surface area contributed by atoms with Crippen molar-refractivity contribution in [2.75, 3.05) is 0 Å². The van der Waals surface area contributed by atoms with Gasteiger partial charge < -0.3 is 0 Å². The predicted molar refractivity (Wildman–Crippen MR) is 119 cm³/mol. The molecule has 0 saturated heterocycles. The van der Waals surface area contributed by atoms with Gasteiger partial charge >= 0.3 is 0 Å². The van der Waals surface area contributed by atoms with Gasteiger partial charge in [-0.15, -0.1) is 6.58 Å². The summed E-state index contributed by atoms with van der Waals surface area (Å²) in [5.41, 5.74) is 3.08. The lowest BCUT2D eigenvalue weighted by Crippen LogP contribution is -2.25. The highest BCUT2D eigenvalue weighted by Gasteiger charge is 2.31. The minimum absolute atomic E-state index is 0.815. The van der Waals surface area contributed by atoms with E-state index in [1.807, 2.05) is 0 Å².